The predicted octanol–water partition coefficient (Wildman–Crippen LogP) is 0.264. The van der Waals surface area contributed by atoms with Gasteiger partial charge < -0.3 is 14.9 Å². The summed E-state index contributed by atoms with van der Waals surface area (Å²) in [7, 11) is 0. The van der Waals surface area contributed by atoms with Crippen molar-refractivity contribution >= 4 is 11.8 Å². The van der Waals surface area contributed by atoms with Crippen molar-refractivity contribution < 1.29 is 14.7 Å². The first-order valence-corrected chi connectivity index (χ1v) is 7.70. The maximum Gasteiger partial charge on any atom is 0.228 e. The molecule has 1 N–H and O–H groups in total. The molecule has 0 radical (unpaired) electrons. The largest absolute Gasteiger partial charge is 0.385 e. The summed E-state index contributed by atoms with van der Waals surface area (Å²) in [5.41, 5.74) is -1.04. The normalized spacial score (nSPS) is 28.6. The molecule has 1 atom stereocenters. The van der Waals surface area contributed by atoms with E-state index in [1.165, 1.54) is 12.8 Å². The van der Waals surface area contributed by atoms with Crippen LogP contribution in [0.25, 0.3) is 0 Å². The fraction of sp³-hybridized carbons (Fsp3) is 0.800. The van der Waals surface area contributed by atoms with E-state index in [-0.39, 0.29) is 37.2 Å². The van der Waals surface area contributed by atoms with Gasteiger partial charge in [0.15, 0.2) is 0 Å². The molecule has 1 saturated carbocycles. The van der Waals surface area contributed by atoms with Crippen LogP contribution in [0.2, 0.25) is 0 Å². The standard InChI is InChI=1S/C15H21N3O3/c16-6-5-15(21)9-17(10-15)14(20)11-7-13(19)18(8-11)12-3-1-2-4-12/h11-12,21H,1-5,7-10H2. The molecule has 6 heteroatoms. The van der Waals surface area contributed by atoms with Gasteiger partial charge in [0.2, 0.25) is 11.8 Å². The molecule has 2 amide bonds. The fourth-order valence-corrected chi connectivity index (χ4v) is 3.80. The van der Waals surface area contributed by atoms with Crippen molar-refractivity contribution in [1.82, 2.24) is 9.80 Å². The average Bonchev–Trinajstić information content (AvgIpc) is 3.04. The summed E-state index contributed by atoms with van der Waals surface area (Å²) in [6.45, 7) is 0.955. The molecule has 0 aromatic heterocycles. The number of hydrogen-bond donors (Lipinski definition) is 1. The molecule has 2 heterocycles. The lowest BCUT2D eigenvalue weighted by Crippen LogP contribution is -2.64. The van der Waals surface area contributed by atoms with Crippen LogP contribution < -0.4 is 0 Å². The molecule has 0 spiro atoms. The van der Waals surface area contributed by atoms with Crippen LogP contribution in [0.5, 0.6) is 0 Å². The van der Waals surface area contributed by atoms with Gasteiger partial charge in [-0.25, -0.2) is 0 Å². The van der Waals surface area contributed by atoms with Crippen molar-refractivity contribution in [3.63, 3.8) is 0 Å². The minimum absolute atomic E-state index is 0.0496. The van der Waals surface area contributed by atoms with Crippen LogP contribution in [0.1, 0.15) is 38.5 Å². The second-order valence-corrected chi connectivity index (χ2v) is 6.64. The highest BCUT2D eigenvalue weighted by molar-refractivity contribution is 5.90. The van der Waals surface area contributed by atoms with Crippen LogP contribution in [0, 0.1) is 17.2 Å². The van der Waals surface area contributed by atoms with E-state index in [2.05, 4.69) is 0 Å². The van der Waals surface area contributed by atoms with Crippen molar-refractivity contribution in [2.75, 3.05) is 19.6 Å². The highest BCUT2D eigenvalue weighted by Gasteiger charge is 2.47. The molecule has 6 nitrogen and oxygen atoms in total. The van der Waals surface area contributed by atoms with Gasteiger partial charge in [0.05, 0.1) is 31.5 Å². The van der Waals surface area contributed by atoms with E-state index in [0.29, 0.717) is 19.0 Å². The molecule has 2 aliphatic heterocycles. The third-order valence-electron chi connectivity index (χ3n) is 4.96. The summed E-state index contributed by atoms with van der Waals surface area (Å²) in [6, 6.07) is 2.26. The van der Waals surface area contributed by atoms with E-state index in [4.69, 9.17) is 5.26 Å². The number of amides is 2. The number of nitriles is 1. The van der Waals surface area contributed by atoms with E-state index in [1.54, 1.807) is 4.90 Å². The Morgan fingerprint density at radius 1 is 1.38 bits per heavy atom. The van der Waals surface area contributed by atoms with Crippen LogP contribution in [-0.4, -0.2) is 58.0 Å². The zero-order valence-corrected chi connectivity index (χ0v) is 12.1. The number of β-amino-alcohol motifs (C(OH)–C–C–N with tert-alkyl or cyclic N) is 1. The lowest BCUT2D eigenvalue weighted by molar-refractivity contribution is -0.158. The zero-order valence-electron chi connectivity index (χ0n) is 12.1. The van der Waals surface area contributed by atoms with Crippen LogP contribution in [-0.2, 0) is 9.59 Å². The van der Waals surface area contributed by atoms with Gasteiger partial charge in [-0.1, -0.05) is 12.8 Å². The summed E-state index contributed by atoms with van der Waals surface area (Å²) < 4.78 is 0. The Bertz CT molecular complexity index is 487. The van der Waals surface area contributed by atoms with Crippen LogP contribution in [0.3, 0.4) is 0 Å². The molecule has 2 saturated heterocycles. The number of rotatable bonds is 3. The van der Waals surface area contributed by atoms with E-state index in [9.17, 15) is 14.7 Å². The van der Waals surface area contributed by atoms with E-state index in [0.717, 1.165) is 12.8 Å². The molecular weight excluding hydrogens is 270 g/mol. The average molecular weight is 291 g/mol. The molecule has 0 bridgehead atoms. The molecule has 1 unspecified atom stereocenters. The van der Waals surface area contributed by atoms with Crippen molar-refractivity contribution in [3.05, 3.63) is 0 Å². The lowest BCUT2D eigenvalue weighted by atomic mass is 9.89. The maximum absolute atomic E-state index is 12.4. The topological polar surface area (TPSA) is 84.6 Å². The van der Waals surface area contributed by atoms with Crippen LogP contribution in [0.4, 0.5) is 0 Å². The maximum atomic E-state index is 12.4. The van der Waals surface area contributed by atoms with E-state index in [1.807, 2.05) is 11.0 Å². The summed E-state index contributed by atoms with van der Waals surface area (Å²) in [6.07, 6.45) is 4.79. The molecule has 0 aromatic carbocycles. The third kappa shape index (κ3) is 2.62. The first-order chi connectivity index (χ1) is 10.0. The zero-order chi connectivity index (χ0) is 15.0. The Balaban J connectivity index is 1.55. The van der Waals surface area contributed by atoms with Crippen molar-refractivity contribution in [1.29, 1.82) is 5.26 Å². The minimum Gasteiger partial charge on any atom is -0.385 e. The quantitative estimate of drug-likeness (QED) is 0.808. The molecule has 3 fully saturated rings. The molecule has 3 aliphatic rings. The predicted molar refractivity (Wildman–Crippen MR) is 73.8 cm³/mol. The second kappa shape index (κ2) is 5.30. The molecule has 0 aromatic rings. The van der Waals surface area contributed by atoms with E-state index >= 15 is 0 Å². The number of nitrogens with zero attached hydrogens (tertiary/aromatic N) is 3. The Morgan fingerprint density at radius 3 is 2.67 bits per heavy atom. The summed E-state index contributed by atoms with van der Waals surface area (Å²) in [5.74, 6) is -0.232. The Kier molecular flexibility index (Phi) is 3.62. The number of carbonyl (C=O) groups excluding carboxylic acids is 2. The van der Waals surface area contributed by atoms with Gasteiger partial charge in [-0.3, -0.25) is 9.59 Å². The number of likely N-dealkylation sites (tertiary alicyclic amines) is 2. The SMILES string of the molecule is N#CCC1(O)CN(C(=O)C2CC(=O)N(C3CCCC3)C2)C1. The van der Waals surface area contributed by atoms with Gasteiger partial charge in [-0.15, -0.1) is 0 Å². The van der Waals surface area contributed by atoms with E-state index < -0.39 is 5.60 Å². The van der Waals surface area contributed by atoms with Crippen LogP contribution in [0.15, 0.2) is 0 Å². The van der Waals surface area contributed by atoms with Crippen molar-refractivity contribution in [3.8, 4) is 6.07 Å². The van der Waals surface area contributed by atoms with Gasteiger partial charge >= 0.3 is 0 Å². The van der Waals surface area contributed by atoms with Gasteiger partial charge in [0.25, 0.3) is 0 Å². The summed E-state index contributed by atoms with van der Waals surface area (Å²) in [5, 5.41) is 18.6. The summed E-state index contributed by atoms with van der Waals surface area (Å²) >= 11 is 0. The fourth-order valence-electron chi connectivity index (χ4n) is 3.80. The number of carbonyl (C=O) groups is 2. The lowest BCUT2D eigenvalue weighted by Gasteiger charge is -2.46. The Morgan fingerprint density at radius 2 is 2.05 bits per heavy atom. The number of aliphatic hydroxyl groups is 1. The van der Waals surface area contributed by atoms with Gasteiger partial charge in [-0.05, 0) is 12.8 Å². The molecule has 114 valence electrons. The van der Waals surface area contributed by atoms with Crippen LogP contribution >= 0.6 is 0 Å². The molecule has 1 aliphatic carbocycles. The first kappa shape index (κ1) is 14.3. The van der Waals surface area contributed by atoms with Crippen molar-refractivity contribution in [2.45, 2.75) is 50.2 Å². The van der Waals surface area contributed by atoms with Crippen molar-refractivity contribution in [2.24, 2.45) is 5.92 Å². The highest BCUT2D eigenvalue weighted by atomic mass is 16.3. The number of hydrogen-bond acceptors (Lipinski definition) is 4. The minimum atomic E-state index is -1.04. The third-order valence-corrected chi connectivity index (χ3v) is 4.96. The van der Waals surface area contributed by atoms with Gasteiger partial charge in [-0.2, -0.15) is 5.26 Å². The Labute approximate surface area is 124 Å². The second-order valence-electron chi connectivity index (χ2n) is 6.64. The molecular formula is C15H21N3O3. The monoisotopic (exact) mass is 291 g/mol. The molecule has 21 heavy (non-hydrogen) atoms. The van der Waals surface area contributed by atoms with Gasteiger partial charge in [0, 0.05) is 19.0 Å². The summed E-state index contributed by atoms with van der Waals surface area (Å²) in [4.78, 5) is 27.9. The van der Waals surface area contributed by atoms with Gasteiger partial charge in [0.1, 0.15) is 5.60 Å². The Hall–Kier alpha value is -1.61. The molecule has 3 rings (SSSR count). The highest BCUT2D eigenvalue weighted by Crippen LogP contribution is 2.32. The smallest absolute Gasteiger partial charge is 0.228 e. The first-order valence-electron chi connectivity index (χ1n) is 7.70.